The topological polar surface area (TPSA) is 18.5 Å². The third kappa shape index (κ3) is 6.88. The predicted octanol–water partition coefficient (Wildman–Crippen LogP) is 10.4. The van der Waals surface area contributed by atoms with Crippen molar-refractivity contribution in [3.05, 3.63) is 0 Å². The molecular formula is C34H68O2Si3. The minimum atomic E-state index is -1.61. The molecule has 2 saturated carbocycles. The SMILES string of the molecule is CC(C)(C)C1CC(C2CCC([Si](C)(C)C)O2)C([Si](C)(C)C2CC(C(C)(C)C)CC2C2CCC([Si](C)(C)C)O2)C1. The van der Waals surface area contributed by atoms with Crippen LogP contribution in [-0.2, 0) is 9.47 Å². The van der Waals surface area contributed by atoms with E-state index in [1.165, 1.54) is 51.4 Å². The van der Waals surface area contributed by atoms with Crippen LogP contribution in [0.25, 0.3) is 0 Å². The molecule has 4 aliphatic rings. The highest BCUT2D eigenvalue weighted by atomic mass is 28.3. The first-order valence-electron chi connectivity index (χ1n) is 16.9. The van der Waals surface area contributed by atoms with Crippen molar-refractivity contribution >= 4 is 24.2 Å². The lowest BCUT2D eigenvalue weighted by Crippen LogP contribution is -2.46. The normalized spacial score (nSPS) is 41.1. The summed E-state index contributed by atoms with van der Waals surface area (Å²) in [5, 5.41) is 0. The molecule has 10 unspecified atom stereocenters. The van der Waals surface area contributed by atoms with E-state index in [4.69, 9.17) is 9.47 Å². The molecule has 39 heavy (non-hydrogen) atoms. The molecule has 0 bridgehead atoms. The molecule has 2 aliphatic carbocycles. The smallest absolute Gasteiger partial charge is 0.0785 e. The zero-order valence-corrected chi connectivity index (χ0v) is 31.7. The molecule has 228 valence electrons. The molecule has 0 spiro atoms. The largest absolute Gasteiger partial charge is 0.378 e. The van der Waals surface area contributed by atoms with Crippen LogP contribution < -0.4 is 0 Å². The molecule has 2 aliphatic heterocycles. The van der Waals surface area contributed by atoms with E-state index < -0.39 is 24.2 Å². The fourth-order valence-corrected chi connectivity index (χ4v) is 18.1. The second-order valence-electron chi connectivity index (χ2n) is 19.6. The van der Waals surface area contributed by atoms with Crippen LogP contribution in [0.2, 0.25) is 63.5 Å². The van der Waals surface area contributed by atoms with E-state index in [2.05, 4.69) is 93.9 Å². The van der Waals surface area contributed by atoms with E-state index in [1.807, 2.05) is 0 Å². The molecule has 5 heteroatoms. The van der Waals surface area contributed by atoms with Gasteiger partial charge in [-0.3, -0.25) is 0 Å². The molecule has 0 aromatic carbocycles. The summed E-state index contributed by atoms with van der Waals surface area (Å²) in [6.45, 7) is 35.9. The van der Waals surface area contributed by atoms with Crippen molar-refractivity contribution in [3.8, 4) is 0 Å². The summed E-state index contributed by atoms with van der Waals surface area (Å²) in [6, 6.07) is 0. The number of ether oxygens (including phenoxy) is 2. The van der Waals surface area contributed by atoms with Crippen LogP contribution in [0, 0.1) is 34.5 Å². The fraction of sp³-hybridized carbons (Fsp3) is 1.00. The Hall–Kier alpha value is 0.571. The van der Waals surface area contributed by atoms with Gasteiger partial charge in [0, 0.05) is 11.5 Å². The van der Waals surface area contributed by atoms with Crippen molar-refractivity contribution in [2.24, 2.45) is 34.5 Å². The standard InChI is InChI=1S/C34H68O2Si3/c1-33(2,3)23-19-25(27-15-17-31(35-27)37(7,8)9)29(21-23)39(13,14)30-22-24(34(4,5)6)20-26(30)28-16-18-32(36-28)38(10,11)12/h23-32H,15-22H2,1-14H3. The van der Waals surface area contributed by atoms with E-state index in [-0.39, 0.29) is 0 Å². The minimum Gasteiger partial charge on any atom is -0.378 e. The summed E-state index contributed by atoms with van der Waals surface area (Å²) in [5.41, 5.74) is 3.72. The monoisotopic (exact) mass is 592 g/mol. The van der Waals surface area contributed by atoms with Crippen LogP contribution in [0.4, 0.5) is 0 Å². The molecule has 4 fully saturated rings. The maximum Gasteiger partial charge on any atom is 0.0785 e. The van der Waals surface area contributed by atoms with Gasteiger partial charge >= 0.3 is 0 Å². The Labute approximate surface area is 247 Å². The van der Waals surface area contributed by atoms with Crippen molar-refractivity contribution in [1.82, 2.24) is 0 Å². The maximum absolute atomic E-state index is 7.08. The van der Waals surface area contributed by atoms with Crippen molar-refractivity contribution in [3.63, 3.8) is 0 Å². The van der Waals surface area contributed by atoms with Crippen LogP contribution >= 0.6 is 0 Å². The van der Waals surface area contributed by atoms with Crippen LogP contribution in [0.3, 0.4) is 0 Å². The summed E-state index contributed by atoms with van der Waals surface area (Å²) < 4.78 is 14.2. The molecule has 2 nitrogen and oxygen atoms in total. The minimum absolute atomic E-state index is 0.399. The van der Waals surface area contributed by atoms with Crippen molar-refractivity contribution in [2.45, 2.75) is 180 Å². The highest BCUT2D eigenvalue weighted by Crippen LogP contribution is 2.63. The lowest BCUT2D eigenvalue weighted by molar-refractivity contribution is 0.0351. The van der Waals surface area contributed by atoms with Crippen LogP contribution in [-0.4, -0.2) is 47.9 Å². The third-order valence-electron chi connectivity index (χ3n) is 12.6. The van der Waals surface area contributed by atoms with Gasteiger partial charge in [-0.2, -0.15) is 0 Å². The van der Waals surface area contributed by atoms with E-state index in [1.54, 1.807) is 0 Å². The Bertz CT molecular complexity index is 774. The van der Waals surface area contributed by atoms with Gasteiger partial charge in [0.1, 0.15) is 0 Å². The van der Waals surface area contributed by atoms with E-state index >= 15 is 0 Å². The fourth-order valence-electron chi connectivity index (χ4n) is 9.59. The first kappa shape index (κ1) is 32.5. The Morgan fingerprint density at radius 1 is 0.487 bits per heavy atom. The Kier molecular flexibility index (Phi) is 9.11. The first-order valence-corrected chi connectivity index (χ1v) is 27.2. The molecule has 4 rings (SSSR count). The van der Waals surface area contributed by atoms with E-state index in [9.17, 15) is 0 Å². The Morgan fingerprint density at radius 2 is 0.821 bits per heavy atom. The Morgan fingerprint density at radius 3 is 1.08 bits per heavy atom. The number of hydrogen-bond acceptors (Lipinski definition) is 2. The first-order chi connectivity index (χ1) is 17.6. The molecule has 0 N–H and O–H groups in total. The zero-order chi connectivity index (χ0) is 29.3. The highest BCUT2D eigenvalue weighted by molar-refractivity contribution is 6.80. The molecule has 0 aromatic heterocycles. The molecule has 0 amide bonds. The van der Waals surface area contributed by atoms with Gasteiger partial charge in [0.25, 0.3) is 0 Å². The van der Waals surface area contributed by atoms with Crippen molar-refractivity contribution in [2.75, 3.05) is 0 Å². The highest BCUT2D eigenvalue weighted by Gasteiger charge is 2.58. The van der Waals surface area contributed by atoms with Crippen LogP contribution in [0.15, 0.2) is 0 Å². The van der Waals surface area contributed by atoms with Crippen molar-refractivity contribution in [1.29, 1.82) is 0 Å². The molecule has 2 saturated heterocycles. The van der Waals surface area contributed by atoms with Crippen LogP contribution in [0.1, 0.15) is 92.9 Å². The maximum atomic E-state index is 7.08. The van der Waals surface area contributed by atoms with E-state index in [0.717, 1.165) is 34.8 Å². The summed E-state index contributed by atoms with van der Waals surface area (Å²) in [5.74, 6) is 3.24. The summed E-state index contributed by atoms with van der Waals surface area (Å²) >= 11 is 0. The zero-order valence-electron chi connectivity index (χ0n) is 28.7. The van der Waals surface area contributed by atoms with Gasteiger partial charge in [-0.15, -0.1) is 0 Å². The lowest BCUT2D eigenvalue weighted by Gasteiger charge is -2.44. The molecular weight excluding hydrogens is 525 g/mol. The second-order valence-corrected chi connectivity index (χ2v) is 35.5. The van der Waals surface area contributed by atoms with Gasteiger partial charge in [0.05, 0.1) is 36.4 Å². The molecule has 0 radical (unpaired) electrons. The second kappa shape index (κ2) is 10.9. The van der Waals surface area contributed by atoms with Gasteiger partial charge < -0.3 is 9.47 Å². The molecule has 0 aromatic rings. The van der Waals surface area contributed by atoms with Gasteiger partial charge in [0.2, 0.25) is 0 Å². The van der Waals surface area contributed by atoms with Crippen molar-refractivity contribution < 1.29 is 9.47 Å². The lowest BCUT2D eigenvalue weighted by atomic mass is 9.79. The number of rotatable bonds is 6. The molecule has 10 atom stereocenters. The average molecular weight is 593 g/mol. The summed E-state index contributed by atoms with van der Waals surface area (Å²) in [6.07, 6.45) is 12.0. The number of hydrogen-bond donors (Lipinski definition) is 0. The van der Waals surface area contributed by atoms with Gasteiger partial charge in [-0.1, -0.05) is 93.9 Å². The van der Waals surface area contributed by atoms with Gasteiger partial charge in [-0.05, 0) is 97.0 Å². The average Bonchev–Trinajstić information content (AvgIpc) is 3.56. The van der Waals surface area contributed by atoms with Crippen LogP contribution in [0.5, 0.6) is 0 Å². The molecule has 2 heterocycles. The quantitative estimate of drug-likeness (QED) is 0.286. The summed E-state index contributed by atoms with van der Waals surface area (Å²) in [4.78, 5) is 0. The third-order valence-corrected chi connectivity index (χ3v) is 22.4. The summed E-state index contributed by atoms with van der Waals surface area (Å²) in [7, 11) is -4.15. The van der Waals surface area contributed by atoms with Gasteiger partial charge in [0.15, 0.2) is 0 Å². The Balaban J connectivity index is 1.63. The van der Waals surface area contributed by atoms with E-state index in [0.29, 0.717) is 34.5 Å². The predicted molar refractivity (Wildman–Crippen MR) is 179 cm³/mol. The van der Waals surface area contributed by atoms with Gasteiger partial charge in [-0.25, -0.2) is 0 Å².